The van der Waals surface area contributed by atoms with Crippen LogP contribution in [0.1, 0.15) is 16.0 Å². The molecule has 0 spiro atoms. The lowest BCUT2D eigenvalue weighted by atomic mass is 10.2. The average Bonchev–Trinajstić information content (AvgIpc) is 2.35. The Labute approximate surface area is 58.8 Å². The van der Waals surface area contributed by atoms with Crippen LogP contribution in [0.4, 0.5) is 0 Å². The summed E-state index contributed by atoms with van der Waals surface area (Å²) in [6, 6.07) is 0. The Morgan fingerprint density at radius 2 is 2.44 bits per heavy atom. The van der Waals surface area contributed by atoms with Gasteiger partial charge in [-0.1, -0.05) is 12.2 Å². The molecular formula is C8H8S. The molecule has 0 unspecified atom stereocenters. The highest BCUT2D eigenvalue weighted by Gasteiger charge is 2.07. The number of fused-ring (bicyclic) bond motifs is 1. The summed E-state index contributed by atoms with van der Waals surface area (Å²) in [7, 11) is 0. The molecule has 46 valence electrons. The molecule has 1 heteroatoms. The Morgan fingerprint density at radius 3 is 3.22 bits per heavy atom. The topological polar surface area (TPSA) is 0 Å². The lowest BCUT2D eigenvalue weighted by molar-refractivity contribution is 1.34. The molecule has 0 saturated carbocycles. The predicted octanol–water partition coefficient (Wildman–Crippen LogP) is 2.63. The second-order valence-corrected chi connectivity index (χ2v) is 3.42. The van der Waals surface area contributed by atoms with Crippen LogP contribution in [0.3, 0.4) is 0 Å². The van der Waals surface area contributed by atoms with Gasteiger partial charge in [-0.3, -0.25) is 0 Å². The first kappa shape index (κ1) is 5.24. The van der Waals surface area contributed by atoms with Gasteiger partial charge < -0.3 is 0 Å². The van der Waals surface area contributed by atoms with E-state index < -0.39 is 0 Å². The number of aryl methyl sites for hydroxylation is 1. The van der Waals surface area contributed by atoms with Crippen LogP contribution in [-0.4, -0.2) is 0 Å². The molecule has 0 N–H and O–H groups in total. The lowest BCUT2D eigenvalue weighted by Crippen LogP contribution is -1.71. The third kappa shape index (κ3) is 0.648. The van der Waals surface area contributed by atoms with E-state index in [9.17, 15) is 0 Å². The number of allylic oxidation sites excluding steroid dienone is 1. The highest BCUT2D eigenvalue weighted by atomic mass is 32.1. The molecule has 0 aromatic carbocycles. The zero-order chi connectivity index (χ0) is 6.27. The maximum atomic E-state index is 2.25. The van der Waals surface area contributed by atoms with Crippen molar-refractivity contribution in [2.75, 3.05) is 0 Å². The smallest absolute Gasteiger partial charge is 0.00894 e. The van der Waals surface area contributed by atoms with E-state index in [1.165, 1.54) is 16.0 Å². The number of hydrogen-bond acceptors (Lipinski definition) is 1. The maximum absolute atomic E-state index is 2.25. The zero-order valence-electron chi connectivity index (χ0n) is 5.35. The molecule has 1 heterocycles. The van der Waals surface area contributed by atoms with Crippen molar-refractivity contribution in [1.29, 1.82) is 0 Å². The normalized spacial score (nSPS) is 14.3. The van der Waals surface area contributed by atoms with Gasteiger partial charge in [-0.15, -0.1) is 11.3 Å². The van der Waals surface area contributed by atoms with Crippen molar-refractivity contribution in [2.24, 2.45) is 0 Å². The SMILES string of the molecule is Cc1scc2c1C=CC2. The number of rotatable bonds is 0. The van der Waals surface area contributed by atoms with Gasteiger partial charge in [-0.2, -0.15) is 0 Å². The summed E-state index contributed by atoms with van der Waals surface area (Å²) in [5.74, 6) is 0. The summed E-state index contributed by atoms with van der Waals surface area (Å²) in [5.41, 5.74) is 2.98. The quantitative estimate of drug-likeness (QED) is 0.514. The van der Waals surface area contributed by atoms with Gasteiger partial charge in [0.05, 0.1) is 0 Å². The molecule has 0 fully saturated rings. The van der Waals surface area contributed by atoms with Crippen molar-refractivity contribution < 1.29 is 0 Å². The van der Waals surface area contributed by atoms with E-state index in [1.54, 1.807) is 0 Å². The fourth-order valence-corrected chi connectivity index (χ4v) is 2.07. The lowest BCUT2D eigenvalue weighted by Gasteiger charge is -1.85. The standard InChI is InChI=1S/C8H8S/c1-6-8-4-2-3-7(8)5-9-6/h2,4-5H,3H2,1H3. The van der Waals surface area contributed by atoms with Crippen molar-refractivity contribution in [1.82, 2.24) is 0 Å². The summed E-state index contributed by atoms with van der Waals surface area (Å²) in [6.45, 7) is 2.18. The van der Waals surface area contributed by atoms with Crippen LogP contribution in [0.2, 0.25) is 0 Å². The molecule has 0 aliphatic heterocycles. The van der Waals surface area contributed by atoms with Gasteiger partial charge in [-0.05, 0) is 29.9 Å². The summed E-state index contributed by atoms with van der Waals surface area (Å²) in [6.07, 6.45) is 5.60. The Kier molecular flexibility index (Phi) is 0.995. The van der Waals surface area contributed by atoms with E-state index in [2.05, 4.69) is 24.5 Å². The zero-order valence-corrected chi connectivity index (χ0v) is 6.16. The second kappa shape index (κ2) is 1.71. The second-order valence-electron chi connectivity index (χ2n) is 2.34. The minimum absolute atomic E-state index is 1.15. The molecule has 9 heavy (non-hydrogen) atoms. The monoisotopic (exact) mass is 136 g/mol. The van der Waals surface area contributed by atoms with E-state index in [0.717, 1.165) is 6.42 Å². The average molecular weight is 136 g/mol. The first-order valence-electron chi connectivity index (χ1n) is 3.11. The van der Waals surface area contributed by atoms with E-state index >= 15 is 0 Å². The van der Waals surface area contributed by atoms with Crippen molar-refractivity contribution >= 4 is 17.4 Å². The summed E-state index contributed by atoms with van der Waals surface area (Å²) >= 11 is 1.86. The van der Waals surface area contributed by atoms with Crippen LogP contribution in [0.15, 0.2) is 11.5 Å². The summed E-state index contributed by atoms with van der Waals surface area (Å²) in [5, 5.41) is 2.25. The van der Waals surface area contributed by atoms with Crippen LogP contribution in [-0.2, 0) is 6.42 Å². The Bertz CT molecular complexity index is 256. The van der Waals surface area contributed by atoms with Crippen LogP contribution in [0.25, 0.3) is 6.08 Å². The van der Waals surface area contributed by atoms with Crippen LogP contribution in [0, 0.1) is 6.92 Å². The van der Waals surface area contributed by atoms with Gasteiger partial charge in [0.25, 0.3) is 0 Å². The molecule has 1 aliphatic rings. The Morgan fingerprint density at radius 1 is 1.56 bits per heavy atom. The van der Waals surface area contributed by atoms with Gasteiger partial charge in [0.1, 0.15) is 0 Å². The molecule has 0 radical (unpaired) electrons. The van der Waals surface area contributed by atoms with Crippen LogP contribution in [0.5, 0.6) is 0 Å². The number of thiophene rings is 1. The minimum Gasteiger partial charge on any atom is -0.148 e. The van der Waals surface area contributed by atoms with Crippen molar-refractivity contribution in [3.05, 3.63) is 27.5 Å². The van der Waals surface area contributed by atoms with E-state index in [0.29, 0.717) is 0 Å². The van der Waals surface area contributed by atoms with Gasteiger partial charge in [0.2, 0.25) is 0 Å². The van der Waals surface area contributed by atoms with E-state index in [4.69, 9.17) is 0 Å². The molecule has 1 aromatic rings. The molecule has 0 bridgehead atoms. The molecule has 0 atom stereocenters. The molecule has 2 rings (SSSR count). The maximum Gasteiger partial charge on any atom is 0.00894 e. The fraction of sp³-hybridized carbons (Fsp3) is 0.250. The van der Waals surface area contributed by atoms with Gasteiger partial charge in [-0.25, -0.2) is 0 Å². The molecular weight excluding hydrogens is 128 g/mol. The first-order chi connectivity index (χ1) is 4.38. The molecule has 0 nitrogen and oxygen atoms in total. The fourth-order valence-electron chi connectivity index (χ4n) is 1.20. The molecule has 0 saturated heterocycles. The summed E-state index contributed by atoms with van der Waals surface area (Å²) < 4.78 is 0. The third-order valence-electron chi connectivity index (χ3n) is 1.73. The predicted molar refractivity (Wildman–Crippen MR) is 41.8 cm³/mol. The summed E-state index contributed by atoms with van der Waals surface area (Å²) in [4.78, 5) is 1.46. The van der Waals surface area contributed by atoms with Crippen LogP contribution < -0.4 is 0 Å². The van der Waals surface area contributed by atoms with Gasteiger partial charge >= 0.3 is 0 Å². The Hall–Kier alpha value is -0.560. The largest absolute Gasteiger partial charge is 0.148 e. The van der Waals surface area contributed by atoms with Crippen LogP contribution >= 0.6 is 11.3 Å². The van der Waals surface area contributed by atoms with Gasteiger partial charge in [0.15, 0.2) is 0 Å². The number of hydrogen-bond donors (Lipinski definition) is 0. The van der Waals surface area contributed by atoms with Gasteiger partial charge in [0, 0.05) is 4.88 Å². The first-order valence-corrected chi connectivity index (χ1v) is 3.99. The van der Waals surface area contributed by atoms with E-state index in [-0.39, 0.29) is 0 Å². The van der Waals surface area contributed by atoms with Crippen molar-refractivity contribution in [3.8, 4) is 0 Å². The Balaban J connectivity index is 2.67. The highest BCUT2D eigenvalue weighted by Crippen LogP contribution is 2.27. The van der Waals surface area contributed by atoms with Crippen molar-refractivity contribution in [3.63, 3.8) is 0 Å². The van der Waals surface area contributed by atoms with Crippen molar-refractivity contribution in [2.45, 2.75) is 13.3 Å². The minimum atomic E-state index is 1.15. The van der Waals surface area contributed by atoms with E-state index in [1.807, 2.05) is 11.3 Å². The molecule has 1 aliphatic carbocycles. The molecule has 0 amide bonds. The highest BCUT2D eigenvalue weighted by molar-refractivity contribution is 7.10. The third-order valence-corrected chi connectivity index (χ3v) is 2.70. The molecule has 1 aromatic heterocycles.